The summed E-state index contributed by atoms with van der Waals surface area (Å²) in [5.74, 6) is 0. The van der Waals surface area contributed by atoms with Crippen molar-refractivity contribution in [2.45, 2.75) is 13.0 Å². The van der Waals surface area contributed by atoms with Gasteiger partial charge in [-0.15, -0.1) is 6.58 Å². The van der Waals surface area contributed by atoms with Gasteiger partial charge in [0.25, 0.3) is 0 Å². The molecule has 0 aliphatic rings. The second-order valence-electron chi connectivity index (χ2n) is 2.41. The van der Waals surface area contributed by atoms with E-state index in [1.165, 1.54) is 6.08 Å². The molecule has 0 saturated carbocycles. The highest BCUT2D eigenvalue weighted by Gasteiger charge is 1.83. The summed E-state index contributed by atoms with van der Waals surface area (Å²) >= 11 is 8.88. The van der Waals surface area contributed by atoms with E-state index in [2.05, 4.69) is 22.5 Å². The molecule has 1 aromatic rings. The van der Waals surface area contributed by atoms with Gasteiger partial charge in [0.1, 0.15) is 0 Å². The van der Waals surface area contributed by atoms with Gasteiger partial charge in [-0.3, -0.25) is 0 Å². The zero-order chi connectivity index (χ0) is 10.3. The maximum absolute atomic E-state index is 8.24. The van der Waals surface area contributed by atoms with Crippen LogP contribution in [0.3, 0.4) is 0 Å². The third kappa shape index (κ3) is 8.03. The molecule has 0 radical (unpaired) electrons. The van der Waals surface area contributed by atoms with Gasteiger partial charge in [-0.05, 0) is 31.2 Å². The van der Waals surface area contributed by atoms with Crippen molar-refractivity contribution in [1.82, 2.24) is 0 Å². The minimum Gasteiger partial charge on any atom is -0.389 e. The lowest BCUT2D eigenvalue weighted by molar-refractivity contribution is 0.244. The smallest absolute Gasteiger partial charge is 0.0690 e. The minimum absolute atomic E-state index is 0.352. The summed E-state index contributed by atoms with van der Waals surface area (Å²) in [7, 11) is 0. The molecule has 1 rings (SSSR count). The van der Waals surface area contributed by atoms with Gasteiger partial charge in [-0.25, -0.2) is 0 Å². The van der Waals surface area contributed by atoms with E-state index in [-0.39, 0.29) is 6.10 Å². The molecule has 13 heavy (non-hydrogen) atoms. The number of benzene rings is 1. The third-order valence-corrected chi connectivity index (χ3v) is 1.93. The van der Waals surface area contributed by atoms with Gasteiger partial charge in [0.05, 0.1) is 6.10 Å². The van der Waals surface area contributed by atoms with E-state index in [4.69, 9.17) is 16.7 Å². The highest BCUT2D eigenvalue weighted by Crippen LogP contribution is 2.13. The fourth-order valence-corrected chi connectivity index (χ4v) is 0.820. The number of aliphatic hydroxyl groups excluding tert-OH is 1. The predicted molar refractivity (Wildman–Crippen MR) is 61.0 cm³/mol. The lowest BCUT2D eigenvalue weighted by Gasteiger charge is -1.86. The van der Waals surface area contributed by atoms with E-state index >= 15 is 0 Å². The highest BCUT2D eigenvalue weighted by molar-refractivity contribution is 9.10. The molecule has 1 N–H and O–H groups in total. The van der Waals surface area contributed by atoms with E-state index in [9.17, 15) is 0 Å². The molecule has 1 aromatic carbocycles. The number of hydrogen-bond donors (Lipinski definition) is 1. The Morgan fingerprint density at radius 1 is 1.46 bits per heavy atom. The Morgan fingerprint density at radius 3 is 2.08 bits per heavy atom. The SMILES string of the molecule is C=CC(C)O.Clc1ccc(Br)cc1. The maximum Gasteiger partial charge on any atom is 0.0690 e. The van der Waals surface area contributed by atoms with Crippen LogP contribution >= 0.6 is 27.5 Å². The fraction of sp³-hybridized carbons (Fsp3) is 0.200. The van der Waals surface area contributed by atoms with Gasteiger partial charge in [-0.2, -0.15) is 0 Å². The molecule has 0 spiro atoms. The fourth-order valence-electron chi connectivity index (χ4n) is 0.430. The molecule has 0 amide bonds. The van der Waals surface area contributed by atoms with Crippen LogP contribution in [0.2, 0.25) is 5.02 Å². The van der Waals surface area contributed by atoms with Crippen molar-refractivity contribution in [3.63, 3.8) is 0 Å². The summed E-state index contributed by atoms with van der Waals surface area (Å²) in [6, 6.07) is 7.49. The Balaban J connectivity index is 0.000000252. The van der Waals surface area contributed by atoms with Crippen molar-refractivity contribution < 1.29 is 5.11 Å². The molecule has 1 atom stereocenters. The standard InChI is InChI=1S/C6H4BrCl.C4H8O/c7-5-1-3-6(8)4-2-5;1-3-4(2)5/h1-4H;3-5H,1H2,2H3. The normalized spacial score (nSPS) is 11.1. The number of hydrogen-bond acceptors (Lipinski definition) is 1. The Kier molecular flexibility index (Phi) is 6.96. The first-order valence-corrected chi connectivity index (χ1v) is 4.95. The van der Waals surface area contributed by atoms with Crippen molar-refractivity contribution in [3.05, 3.63) is 46.4 Å². The van der Waals surface area contributed by atoms with Crippen LogP contribution in [0, 0.1) is 0 Å². The predicted octanol–water partition coefficient (Wildman–Crippen LogP) is 3.66. The topological polar surface area (TPSA) is 20.2 Å². The van der Waals surface area contributed by atoms with E-state index in [1.54, 1.807) is 6.92 Å². The van der Waals surface area contributed by atoms with Crippen LogP contribution in [0.25, 0.3) is 0 Å². The molecule has 0 bridgehead atoms. The molecule has 0 saturated heterocycles. The zero-order valence-corrected chi connectivity index (χ0v) is 9.72. The van der Waals surface area contributed by atoms with Gasteiger partial charge >= 0.3 is 0 Å². The average molecular weight is 264 g/mol. The number of aliphatic hydroxyl groups is 1. The Morgan fingerprint density at radius 2 is 1.85 bits per heavy atom. The molecule has 0 aromatic heterocycles. The largest absolute Gasteiger partial charge is 0.389 e. The summed E-state index contributed by atoms with van der Waals surface area (Å²) in [6.07, 6.45) is 1.12. The molecule has 3 heteroatoms. The first-order valence-electron chi connectivity index (χ1n) is 3.78. The van der Waals surface area contributed by atoms with Crippen LogP contribution in [0.5, 0.6) is 0 Å². The molecule has 0 aliphatic heterocycles. The Bertz CT molecular complexity index is 223. The molecule has 0 aliphatic carbocycles. The second-order valence-corrected chi connectivity index (χ2v) is 3.76. The van der Waals surface area contributed by atoms with Crippen molar-refractivity contribution in [3.8, 4) is 0 Å². The third-order valence-electron chi connectivity index (χ3n) is 1.14. The van der Waals surface area contributed by atoms with E-state index in [0.717, 1.165) is 9.50 Å². The maximum atomic E-state index is 8.24. The van der Waals surface area contributed by atoms with Crippen LogP contribution in [0.1, 0.15) is 6.92 Å². The Hall–Kier alpha value is -0.310. The summed E-state index contributed by atoms with van der Waals surface area (Å²) in [4.78, 5) is 0. The highest BCUT2D eigenvalue weighted by atomic mass is 79.9. The molecular formula is C10H12BrClO. The molecule has 1 unspecified atom stereocenters. The van der Waals surface area contributed by atoms with E-state index in [0.29, 0.717) is 0 Å². The van der Waals surface area contributed by atoms with Crippen LogP contribution < -0.4 is 0 Å². The summed E-state index contributed by atoms with van der Waals surface area (Å²) in [5, 5.41) is 9.01. The van der Waals surface area contributed by atoms with E-state index in [1.807, 2.05) is 24.3 Å². The molecular weight excluding hydrogens is 251 g/mol. The lowest BCUT2D eigenvalue weighted by Crippen LogP contribution is -1.88. The van der Waals surface area contributed by atoms with Crippen LogP contribution in [-0.4, -0.2) is 11.2 Å². The van der Waals surface area contributed by atoms with Crippen molar-refractivity contribution in [2.24, 2.45) is 0 Å². The average Bonchev–Trinajstić information content (AvgIpc) is 2.11. The van der Waals surface area contributed by atoms with Crippen molar-refractivity contribution in [1.29, 1.82) is 0 Å². The quantitative estimate of drug-likeness (QED) is 0.767. The van der Waals surface area contributed by atoms with Crippen LogP contribution in [0.4, 0.5) is 0 Å². The van der Waals surface area contributed by atoms with Crippen molar-refractivity contribution in [2.75, 3.05) is 0 Å². The van der Waals surface area contributed by atoms with Crippen LogP contribution in [0.15, 0.2) is 41.4 Å². The Labute approximate surface area is 92.2 Å². The van der Waals surface area contributed by atoms with Gasteiger partial charge < -0.3 is 5.11 Å². The summed E-state index contributed by atoms with van der Waals surface area (Å²) < 4.78 is 1.06. The summed E-state index contributed by atoms with van der Waals surface area (Å²) in [6.45, 7) is 4.97. The first-order chi connectivity index (χ1) is 6.06. The molecule has 0 heterocycles. The van der Waals surface area contributed by atoms with Gasteiger partial charge in [0, 0.05) is 9.50 Å². The lowest BCUT2D eigenvalue weighted by atomic mass is 10.4. The molecule has 0 fully saturated rings. The summed E-state index contributed by atoms with van der Waals surface area (Å²) in [5.41, 5.74) is 0. The first kappa shape index (κ1) is 12.7. The minimum atomic E-state index is -0.352. The number of halogens is 2. The van der Waals surface area contributed by atoms with Gasteiger partial charge in [-0.1, -0.05) is 33.6 Å². The van der Waals surface area contributed by atoms with Gasteiger partial charge in [0.15, 0.2) is 0 Å². The van der Waals surface area contributed by atoms with Crippen molar-refractivity contribution >= 4 is 27.5 Å². The number of rotatable bonds is 1. The van der Waals surface area contributed by atoms with Gasteiger partial charge in [0.2, 0.25) is 0 Å². The second kappa shape index (κ2) is 7.13. The van der Waals surface area contributed by atoms with Crippen LogP contribution in [-0.2, 0) is 0 Å². The zero-order valence-electron chi connectivity index (χ0n) is 7.37. The van der Waals surface area contributed by atoms with E-state index < -0.39 is 0 Å². The monoisotopic (exact) mass is 262 g/mol. The molecule has 72 valence electrons. The molecule has 1 nitrogen and oxygen atoms in total.